The molecule has 1 saturated heterocycles. The first kappa shape index (κ1) is 8.53. The molecule has 1 unspecified atom stereocenters. The Labute approximate surface area is 76.5 Å². The highest BCUT2D eigenvalue weighted by Gasteiger charge is 2.59. The van der Waals surface area contributed by atoms with E-state index in [1.807, 2.05) is 6.92 Å². The van der Waals surface area contributed by atoms with Crippen molar-refractivity contribution >= 4 is 11.9 Å². The third-order valence-corrected chi connectivity index (χ3v) is 3.16. The maximum Gasteiger partial charge on any atom is 0.316 e. The molecule has 1 aliphatic heterocycles. The Morgan fingerprint density at radius 2 is 2.31 bits per heavy atom. The summed E-state index contributed by atoms with van der Waals surface area (Å²) < 4.78 is 0. The number of carbonyl (C=O) groups excluding carboxylic acids is 1. The minimum absolute atomic E-state index is 0.0606. The normalized spacial score (nSPS) is 29.8. The standard InChI is InChI=1S/C9H13NO3/c1-2-10-7(11)6(8(12)13)5-9(10)3-4-9/h6H,2-5H2,1H3,(H,12,13). The van der Waals surface area contributed by atoms with Gasteiger partial charge in [-0.05, 0) is 26.2 Å². The lowest BCUT2D eigenvalue weighted by Gasteiger charge is -2.21. The van der Waals surface area contributed by atoms with Gasteiger partial charge in [-0.3, -0.25) is 9.59 Å². The van der Waals surface area contributed by atoms with Gasteiger partial charge in [0, 0.05) is 12.1 Å². The van der Waals surface area contributed by atoms with Gasteiger partial charge in [-0.2, -0.15) is 0 Å². The molecule has 2 aliphatic rings. The molecule has 2 fully saturated rings. The molecular weight excluding hydrogens is 170 g/mol. The lowest BCUT2D eigenvalue weighted by molar-refractivity contribution is -0.147. The predicted octanol–water partition coefficient (Wildman–Crippen LogP) is 0.472. The molecule has 1 N–H and O–H groups in total. The van der Waals surface area contributed by atoms with E-state index in [1.54, 1.807) is 4.90 Å². The summed E-state index contributed by atoms with van der Waals surface area (Å²) in [6, 6.07) is 0. The molecule has 4 heteroatoms. The van der Waals surface area contributed by atoms with Crippen LogP contribution in [0.2, 0.25) is 0 Å². The van der Waals surface area contributed by atoms with Crippen LogP contribution in [0.25, 0.3) is 0 Å². The van der Waals surface area contributed by atoms with Crippen molar-refractivity contribution in [2.24, 2.45) is 5.92 Å². The van der Waals surface area contributed by atoms with Gasteiger partial charge in [0.2, 0.25) is 5.91 Å². The molecule has 1 spiro atoms. The lowest BCUT2D eigenvalue weighted by atomic mass is 10.0. The van der Waals surface area contributed by atoms with Crippen molar-refractivity contribution in [3.05, 3.63) is 0 Å². The molecule has 0 bridgehead atoms. The van der Waals surface area contributed by atoms with Crippen LogP contribution in [-0.4, -0.2) is 34.0 Å². The Bertz CT molecular complexity index is 270. The Hall–Kier alpha value is -1.06. The van der Waals surface area contributed by atoms with Gasteiger partial charge >= 0.3 is 5.97 Å². The highest BCUT2D eigenvalue weighted by atomic mass is 16.4. The summed E-state index contributed by atoms with van der Waals surface area (Å²) in [4.78, 5) is 24.1. The third-order valence-electron chi connectivity index (χ3n) is 3.16. The van der Waals surface area contributed by atoms with E-state index in [-0.39, 0.29) is 11.4 Å². The molecule has 0 aromatic heterocycles. The second-order valence-electron chi connectivity index (χ2n) is 3.90. The molecule has 0 aromatic carbocycles. The number of nitrogens with zero attached hydrogens (tertiary/aromatic N) is 1. The van der Waals surface area contributed by atoms with Crippen LogP contribution in [-0.2, 0) is 9.59 Å². The molecule has 1 amide bonds. The Kier molecular flexibility index (Phi) is 1.62. The first-order chi connectivity index (χ1) is 6.10. The first-order valence-electron chi connectivity index (χ1n) is 4.65. The number of carboxylic acid groups (broad SMARTS) is 1. The summed E-state index contributed by atoms with van der Waals surface area (Å²) in [6.45, 7) is 2.55. The highest BCUT2D eigenvalue weighted by molar-refractivity contribution is 5.99. The van der Waals surface area contributed by atoms with E-state index in [0.717, 1.165) is 12.8 Å². The van der Waals surface area contributed by atoms with Crippen molar-refractivity contribution < 1.29 is 14.7 Å². The summed E-state index contributed by atoms with van der Waals surface area (Å²) in [6.07, 6.45) is 2.49. The number of amides is 1. The van der Waals surface area contributed by atoms with Gasteiger partial charge < -0.3 is 10.0 Å². The van der Waals surface area contributed by atoms with Gasteiger partial charge in [-0.15, -0.1) is 0 Å². The van der Waals surface area contributed by atoms with Crippen LogP contribution in [0.4, 0.5) is 0 Å². The Morgan fingerprint density at radius 3 is 2.62 bits per heavy atom. The minimum atomic E-state index is -0.966. The van der Waals surface area contributed by atoms with Crippen LogP contribution in [0.3, 0.4) is 0 Å². The van der Waals surface area contributed by atoms with Gasteiger partial charge in [0.1, 0.15) is 5.92 Å². The molecule has 13 heavy (non-hydrogen) atoms. The third kappa shape index (κ3) is 1.04. The number of rotatable bonds is 2. The van der Waals surface area contributed by atoms with Gasteiger partial charge in [-0.1, -0.05) is 0 Å². The van der Waals surface area contributed by atoms with Crippen molar-refractivity contribution in [1.82, 2.24) is 4.90 Å². The zero-order valence-corrected chi connectivity index (χ0v) is 7.62. The maximum atomic E-state index is 11.6. The van der Waals surface area contributed by atoms with Crippen molar-refractivity contribution in [2.75, 3.05) is 6.54 Å². The molecular formula is C9H13NO3. The molecule has 1 aliphatic carbocycles. The first-order valence-corrected chi connectivity index (χ1v) is 4.65. The zero-order chi connectivity index (χ0) is 9.64. The van der Waals surface area contributed by atoms with E-state index >= 15 is 0 Å². The number of likely N-dealkylation sites (tertiary alicyclic amines) is 1. The Balaban J connectivity index is 2.22. The number of hydrogen-bond donors (Lipinski definition) is 1. The maximum absolute atomic E-state index is 11.6. The van der Waals surface area contributed by atoms with Gasteiger partial charge in [-0.25, -0.2) is 0 Å². The van der Waals surface area contributed by atoms with E-state index in [4.69, 9.17) is 5.11 Å². The molecule has 2 rings (SSSR count). The van der Waals surface area contributed by atoms with Crippen molar-refractivity contribution in [3.8, 4) is 0 Å². The van der Waals surface area contributed by atoms with Gasteiger partial charge in [0.25, 0.3) is 0 Å². The van der Waals surface area contributed by atoms with Crippen molar-refractivity contribution in [3.63, 3.8) is 0 Å². The average molecular weight is 183 g/mol. The summed E-state index contributed by atoms with van der Waals surface area (Å²) in [7, 11) is 0. The van der Waals surface area contributed by atoms with E-state index in [0.29, 0.717) is 13.0 Å². The van der Waals surface area contributed by atoms with Crippen molar-refractivity contribution in [2.45, 2.75) is 31.7 Å². The highest BCUT2D eigenvalue weighted by Crippen LogP contribution is 2.51. The fraction of sp³-hybridized carbons (Fsp3) is 0.778. The van der Waals surface area contributed by atoms with Gasteiger partial charge in [0.15, 0.2) is 0 Å². The molecule has 1 atom stereocenters. The number of aliphatic carboxylic acids is 1. The SMILES string of the molecule is CCN1C(=O)C(C(=O)O)CC12CC2. The summed E-state index contributed by atoms with van der Waals surface area (Å²) in [5.41, 5.74) is -0.0606. The summed E-state index contributed by atoms with van der Waals surface area (Å²) in [5.74, 6) is -1.93. The van der Waals surface area contributed by atoms with Crippen LogP contribution in [0.5, 0.6) is 0 Å². The molecule has 1 saturated carbocycles. The fourth-order valence-corrected chi connectivity index (χ4v) is 2.30. The molecule has 0 aromatic rings. The largest absolute Gasteiger partial charge is 0.481 e. The van der Waals surface area contributed by atoms with Crippen molar-refractivity contribution in [1.29, 1.82) is 0 Å². The van der Waals surface area contributed by atoms with Crippen LogP contribution in [0.15, 0.2) is 0 Å². The van der Waals surface area contributed by atoms with E-state index in [2.05, 4.69) is 0 Å². The van der Waals surface area contributed by atoms with E-state index < -0.39 is 11.9 Å². The number of carboxylic acids is 1. The second-order valence-corrected chi connectivity index (χ2v) is 3.90. The van der Waals surface area contributed by atoms with Crippen LogP contribution in [0, 0.1) is 5.92 Å². The quantitative estimate of drug-likeness (QED) is 0.633. The zero-order valence-electron chi connectivity index (χ0n) is 7.62. The van der Waals surface area contributed by atoms with Crippen LogP contribution in [0.1, 0.15) is 26.2 Å². The predicted molar refractivity (Wildman–Crippen MR) is 45.1 cm³/mol. The van der Waals surface area contributed by atoms with E-state index in [9.17, 15) is 9.59 Å². The topological polar surface area (TPSA) is 57.6 Å². The molecule has 4 nitrogen and oxygen atoms in total. The summed E-state index contributed by atoms with van der Waals surface area (Å²) in [5, 5.41) is 8.81. The summed E-state index contributed by atoms with van der Waals surface area (Å²) >= 11 is 0. The Morgan fingerprint density at radius 1 is 1.69 bits per heavy atom. The molecule has 72 valence electrons. The van der Waals surface area contributed by atoms with E-state index in [1.165, 1.54) is 0 Å². The molecule has 1 heterocycles. The number of hydrogen-bond acceptors (Lipinski definition) is 2. The fourth-order valence-electron chi connectivity index (χ4n) is 2.30. The lowest BCUT2D eigenvalue weighted by Crippen LogP contribution is -2.35. The second kappa shape index (κ2) is 2.47. The molecule has 0 radical (unpaired) electrons. The minimum Gasteiger partial charge on any atom is -0.481 e. The van der Waals surface area contributed by atoms with Gasteiger partial charge in [0.05, 0.1) is 0 Å². The van der Waals surface area contributed by atoms with Crippen LogP contribution < -0.4 is 0 Å². The van der Waals surface area contributed by atoms with Crippen LogP contribution >= 0.6 is 0 Å². The monoisotopic (exact) mass is 183 g/mol. The average Bonchev–Trinajstić information content (AvgIpc) is 2.75. The smallest absolute Gasteiger partial charge is 0.316 e. The number of carbonyl (C=O) groups is 2.